The van der Waals surface area contributed by atoms with Crippen LogP contribution in [0.25, 0.3) is 55.1 Å². The standard InChI is InChI=1S/C24H17FN2O.C22H17FN4O.C19H16FN3O/c25-23-12-17(16-5-7-19-13-26-10-9-18(19)11-16)6-8-21(23)15-27-14-20-3-1-2-4-22(20)24(27)28;1-26-11-17-9-14(6-7-20(17)25-26)15-4-5-16(19(23)10-15)12-27-13-21-18(22(27)28)3-2-8-24-21;1-22-10-16(9-21-22)13-6-7-15(18(20)8-13)12-23-11-14-4-2-3-5-17(14)19(23)24/h1-13H,14-15H2;2-11H,12-13H2,1H3;2-10H,11-12H2,1H3. The Labute approximate surface area is 458 Å². The maximum atomic E-state index is 14.8. The maximum Gasteiger partial charge on any atom is 0.256 e. The Morgan fingerprint density at radius 2 is 0.938 bits per heavy atom. The molecule has 15 heteroatoms. The van der Waals surface area contributed by atoms with Gasteiger partial charge in [0.25, 0.3) is 17.7 Å². The van der Waals surface area contributed by atoms with E-state index in [9.17, 15) is 27.6 Å². The van der Waals surface area contributed by atoms with E-state index in [4.69, 9.17) is 0 Å². The number of amides is 3. The quantitative estimate of drug-likeness (QED) is 0.141. The van der Waals surface area contributed by atoms with Gasteiger partial charge in [-0.15, -0.1) is 0 Å². The van der Waals surface area contributed by atoms with E-state index in [1.54, 1.807) is 79.1 Å². The molecule has 12 nitrogen and oxygen atoms in total. The van der Waals surface area contributed by atoms with Crippen LogP contribution in [0.3, 0.4) is 0 Å². The summed E-state index contributed by atoms with van der Waals surface area (Å²) in [4.78, 5) is 50.7. The number of carbonyl (C=O) groups excluding carboxylic acids is 3. The Morgan fingerprint density at radius 3 is 1.49 bits per heavy atom. The van der Waals surface area contributed by atoms with E-state index >= 15 is 0 Å². The van der Waals surface area contributed by atoms with E-state index in [1.165, 1.54) is 12.1 Å². The van der Waals surface area contributed by atoms with Crippen LogP contribution in [-0.2, 0) is 53.4 Å². The lowest BCUT2D eigenvalue weighted by atomic mass is 10.0. The molecule has 14 rings (SSSR count). The molecule has 80 heavy (non-hydrogen) atoms. The monoisotopic (exact) mass is 1060 g/mol. The average Bonchev–Trinajstić information content (AvgIpc) is 4.34. The molecule has 0 atom stereocenters. The Bertz CT molecular complexity index is 4230. The van der Waals surface area contributed by atoms with E-state index in [0.29, 0.717) is 53.0 Å². The van der Waals surface area contributed by atoms with Crippen molar-refractivity contribution in [3.63, 3.8) is 0 Å². The molecule has 3 aliphatic rings. The van der Waals surface area contributed by atoms with Gasteiger partial charge >= 0.3 is 0 Å². The summed E-state index contributed by atoms with van der Waals surface area (Å²) in [5.74, 6) is -1.10. The van der Waals surface area contributed by atoms with Crippen molar-refractivity contribution in [3.05, 3.63) is 263 Å². The van der Waals surface area contributed by atoms with Crippen LogP contribution in [0, 0.1) is 17.5 Å². The molecule has 7 aromatic carbocycles. The highest BCUT2D eigenvalue weighted by Gasteiger charge is 2.30. The number of benzene rings is 7. The third-order valence-corrected chi connectivity index (χ3v) is 14.7. The number of pyridine rings is 2. The van der Waals surface area contributed by atoms with Crippen molar-refractivity contribution >= 4 is 39.4 Å². The molecule has 3 aliphatic heterocycles. The minimum atomic E-state index is -0.319. The first-order valence-corrected chi connectivity index (χ1v) is 26.0. The zero-order chi connectivity index (χ0) is 55.0. The van der Waals surface area contributed by atoms with Crippen LogP contribution in [0.2, 0.25) is 0 Å². The summed E-state index contributed by atoms with van der Waals surface area (Å²) in [6.07, 6.45) is 10.7. The zero-order valence-corrected chi connectivity index (χ0v) is 43.6. The molecular weight excluding hydrogens is 1010 g/mol. The molecule has 7 heterocycles. The highest BCUT2D eigenvalue weighted by atomic mass is 19.1. The smallest absolute Gasteiger partial charge is 0.256 e. The first kappa shape index (κ1) is 50.8. The van der Waals surface area contributed by atoms with Gasteiger partial charge in [-0.3, -0.25) is 33.7 Å². The molecule has 0 aliphatic carbocycles. The van der Waals surface area contributed by atoms with Crippen LogP contribution in [0.15, 0.2) is 195 Å². The SMILES string of the molecule is Cn1cc(-c2ccc(CN3Cc4ccccc4C3=O)c(F)c2)cn1.Cn1cc2cc(-c3ccc(CN4Cc5ncccc5C4=O)c(F)c3)ccc2n1.O=C1c2ccccc2CN1Cc1ccc(-c2ccc3cnccc3c2)cc1F. The molecule has 0 radical (unpaired) electrons. The third kappa shape index (κ3) is 10.3. The molecule has 11 aromatic rings. The number of rotatable bonds is 9. The fourth-order valence-corrected chi connectivity index (χ4v) is 10.5. The highest BCUT2D eigenvalue weighted by molar-refractivity contribution is 5.99. The van der Waals surface area contributed by atoms with Crippen molar-refractivity contribution in [1.29, 1.82) is 0 Å². The fraction of sp³-hybridized carbons (Fsp3) is 0.123. The van der Waals surface area contributed by atoms with Gasteiger partial charge in [0.1, 0.15) is 17.5 Å². The molecule has 0 spiro atoms. The molecule has 3 amide bonds. The Hall–Kier alpha value is -10.0. The van der Waals surface area contributed by atoms with Gasteiger partial charge in [-0.2, -0.15) is 10.2 Å². The van der Waals surface area contributed by atoms with Crippen molar-refractivity contribution < 1.29 is 27.6 Å². The highest BCUT2D eigenvalue weighted by Crippen LogP contribution is 2.32. The van der Waals surface area contributed by atoms with Crippen LogP contribution in [0.4, 0.5) is 13.2 Å². The number of aromatic nitrogens is 6. The van der Waals surface area contributed by atoms with Crippen LogP contribution in [0.5, 0.6) is 0 Å². The van der Waals surface area contributed by atoms with Gasteiger partial charge in [-0.05, 0) is 111 Å². The summed E-state index contributed by atoms with van der Waals surface area (Å²) in [6, 6.07) is 47.9. The lowest BCUT2D eigenvalue weighted by Crippen LogP contribution is -2.23. The number of carbonyl (C=O) groups is 3. The predicted octanol–water partition coefficient (Wildman–Crippen LogP) is 12.5. The van der Waals surface area contributed by atoms with Crippen molar-refractivity contribution in [2.75, 3.05) is 0 Å². The van der Waals surface area contributed by atoms with Gasteiger partial charge < -0.3 is 14.7 Å². The normalized spacial score (nSPS) is 13.3. The van der Waals surface area contributed by atoms with Crippen LogP contribution in [-0.4, -0.2) is 62.0 Å². The first-order valence-electron chi connectivity index (χ1n) is 26.0. The van der Waals surface area contributed by atoms with Crippen LogP contribution >= 0.6 is 0 Å². The van der Waals surface area contributed by atoms with Crippen molar-refractivity contribution in [2.24, 2.45) is 14.1 Å². The van der Waals surface area contributed by atoms with E-state index < -0.39 is 0 Å². The molecule has 394 valence electrons. The lowest BCUT2D eigenvalue weighted by Gasteiger charge is -2.16. The summed E-state index contributed by atoms with van der Waals surface area (Å²) in [6.45, 7) is 2.22. The summed E-state index contributed by atoms with van der Waals surface area (Å²) in [7, 11) is 3.70. The third-order valence-electron chi connectivity index (χ3n) is 14.7. The Morgan fingerprint density at radius 1 is 0.438 bits per heavy atom. The summed E-state index contributed by atoms with van der Waals surface area (Å²) in [5, 5.41) is 11.6. The summed E-state index contributed by atoms with van der Waals surface area (Å²) < 4.78 is 47.5. The van der Waals surface area contributed by atoms with E-state index in [2.05, 4.69) is 20.2 Å². The van der Waals surface area contributed by atoms with Crippen molar-refractivity contribution in [2.45, 2.75) is 39.3 Å². The minimum absolute atomic E-state index is 0.0396. The van der Waals surface area contributed by atoms with Gasteiger partial charge in [0.2, 0.25) is 0 Å². The zero-order valence-electron chi connectivity index (χ0n) is 43.6. The van der Waals surface area contributed by atoms with E-state index in [0.717, 1.165) is 71.9 Å². The minimum Gasteiger partial charge on any atom is -0.330 e. The first-order chi connectivity index (χ1) is 38.9. The number of aryl methyl sites for hydroxylation is 2. The summed E-state index contributed by atoms with van der Waals surface area (Å²) in [5.41, 5.74) is 12.3. The van der Waals surface area contributed by atoms with Gasteiger partial charge in [0.15, 0.2) is 0 Å². The van der Waals surface area contributed by atoms with Gasteiger partial charge in [0, 0.05) is 122 Å². The van der Waals surface area contributed by atoms with Crippen LogP contribution < -0.4 is 0 Å². The van der Waals surface area contributed by atoms with Crippen molar-refractivity contribution in [1.82, 2.24) is 44.2 Å². The number of nitrogens with zero attached hydrogens (tertiary/aromatic N) is 9. The Balaban J connectivity index is 0.000000120. The summed E-state index contributed by atoms with van der Waals surface area (Å²) >= 11 is 0. The Kier molecular flexibility index (Phi) is 13.6. The van der Waals surface area contributed by atoms with Gasteiger partial charge in [-0.1, -0.05) is 91.0 Å². The molecule has 0 unspecified atom stereocenters. The van der Waals surface area contributed by atoms with E-state index in [-0.39, 0.29) is 54.8 Å². The topological polar surface area (TPSA) is 122 Å². The molecule has 0 bridgehead atoms. The second-order valence-electron chi connectivity index (χ2n) is 20.1. The largest absolute Gasteiger partial charge is 0.330 e. The molecule has 0 fully saturated rings. The maximum absolute atomic E-state index is 14.8. The number of hydrogen-bond donors (Lipinski definition) is 0. The van der Waals surface area contributed by atoms with Crippen molar-refractivity contribution in [3.8, 4) is 33.4 Å². The van der Waals surface area contributed by atoms with Gasteiger partial charge in [-0.25, -0.2) is 13.2 Å². The molecule has 0 saturated carbocycles. The van der Waals surface area contributed by atoms with E-state index in [1.807, 2.05) is 142 Å². The fourth-order valence-electron chi connectivity index (χ4n) is 10.5. The molecule has 0 saturated heterocycles. The lowest BCUT2D eigenvalue weighted by molar-refractivity contribution is 0.0757. The van der Waals surface area contributed by atoms with Crippen LogP contribution in [0.1, 0.15) is 64.6 Å². The second kappa shape index (κ2) is 21.4. The molecule has 4 aromatic heterocycles. The average molecular weight is 1060 g/mol. The molecule has 0 N–H and O–H groups in total. The second-order valence-corrected chi connectivity index (χ2v) is 20.1. The number of halogens is 3. The van der Waals surface area contributed by atoms with Gasteiger partial charge in [0.05, 0.1) is 29.5 Å². The molecular formula is C65H50F3N9O3. The number of hydrogen-bond acceptors (Lipinski definition) is 7. The number of fused-ring (bicyclic) bond motifs is 5. The predicted molar refractivity (Wildman–Crippen MR) is 300 cm³/mol.